The first kappa shape index (κ1) is 28.6. The Balaban J connectivity index is 1.44. The third kappa shape index (κ3) is 5.47. The van der Waals surface area contributed by atoms with Crippen molar-refractivity contribution in [2.45, 2.75) is 26.4 Å². The van der Waals surface area contributed by atoms with E-state index in [9.17, 15) is 14.0 Å². The third-order valence-electron chi connectivity index (χ3n) is 7.38. The molecule has 0 fully saturated rings. The van der Waals surface area contributed by atoms with Gasteiger partial charge in [0.25, 0.3) is 5.56 Å². The molecular weight excluding hydrogens is 563 g/mol. The first-order valence-electron chi connectivity index (χ1n) is 13.9. The zero-order chi connectivity index (χ0) is 31.0. The lowest BCUT2D eigenvalue weighted by atomic mass is 10.1. The van der Waals surface area contributed by atoms with Crippen molar-refractivity contribution < 1.29 is 9.18 Å². The fourth-order valence-corrected chi connectivity index (χ4v) is 4.98. The fraction of sp³-hybridized carbons (Fsp3) is 0.194. The van der Waals surface area contributed by atoms with Gasteiger partial charge in [0.2, 0.25) is 11.7 Å². The minimum Gasteiger partial charge on any atom is -0.319 e. The maximum atomic E-state index is 13.9. The molecule has 6 aromatic rings. The number of nitrogens with one attached hydrogen (secondary N) is 2. The molecule has 0 saturated carbocycles. The first-order chi connectivity index (χ1) is 21.2. The Labute approximate surface area is 251 Å². The number of hydrogen-bond donors (Lipinski definition) is 2. The smallest absolute Gasteiger partial charge is 0.277 e. The molecule has 44 heavy (non-hydrogen) atoms. The highest BCUT2D eigenvalue weighted by molar-refractivity contribution is 5.94. The lowest BCUT2D eigenvalue weighted by molar-refractivity contribution is -0.117. The van der Waals surface area contributed by atoms with E-state index >= 15 is 0 Å². The van der Waals surface area contributed by atoms with Gasteiger partial charge in [-0.2, -0.15) is 4.80 Å². The van der Waals surface area contributed by atoms with Crippen molar-refractivity contribution in [3.8, 4) is 28.5 Å². The first-order valence-corrected chi connectivity index (χ1v) is 13.9. The molecule has 0 radical (unpaired) electrons. The number of carbonyl (C=O) groups is 1. The highest BCUT2D eigenvalue weighted by Crippen LogP contribution is 2.27. The summed E-state index contributed by atoms with van der Waals surface area (Å²) in [6.45, 7) is 3.72. The summed E-state index contributed by atoms with van der Waals surface area (Å²) in [6, 6.07) is 13.4. The standard InChI is InChI=1S/C31H29FN10O2/c1-18-16-41(27-9-8-23(32)12-25(18)27)24-10-20(13-34-14-24)17-42-29(35-15-26(31(42)44)36-30(43)19(2)33-3)22-7-5-6-21(11-22)28-37-39-40(4)38-28/h5-16,19,33H,17H2,1-4H3,(H,36,43)/t19-/m0/s1. The summed E-state index contributed by atoms with van der Waals surface area (Å²) in [4.78, 5) is 37.0. The van der Waals surface area contributed by atoms with Crippen LogP contribution in [0.4, 0.5) is 10.1 Å². The average Bonchev–Trinajstić information content (AvgIpc) is 3.61. The molecule has 0 unspecified atom stereocenters. The van der Waals surface area contributed by atoms with Gasteiger partial charge in [-0.3, -0.25) is 19.1 Å². The number of rotatable bonds is 8. The van der Waals surface area contributed by atoms with Gasteiger partial charge in [0.15, 0.2) is 0 Å². The Morgan fingerprint density at radius 1 is 1.07 bits per heavy atom. The Bertz CT molecular complexity index is 2080. The minimum absolute atomic E-state index is 0.0470. The molecule has 0 saturated heterocycles. The quantitative estimate of drug-likeness (QED) is 0.274. The number of aryl methyl sites for hydroxylation is 2. The Hall–Kier alpha value is -5.56. The van der Waals surface area contributed by atoms with Crippen LogP contribution >= 0.6 is 0 Å². The van der Waals surface area contributed by atoms with Crippen molar-refractivity contribution in [3.63, 3.8) is 0 Å². The molecule has 0 bridgehead atoms. The van der Waals surface area contributed by atoms with Crippen molar-refractivity contribution in [1.29, 1.82) is 0 Å². The number of hydrogen-bond acceptors (Lipinski definition) is 8. The molecule has 4 aromatic heterocycles. The third-order valence-corrected chi connectivity index (χ3v) is 7.38. The van der Waals surface area contributed by atoms with Crippen LogP contribution in [-0.4, -0.2) is 58.3 Å². The van der Waals surface area contributed by atoms with E-state index in [0.717, 1.165) is 22.2 Å². The van der Waals surface area contributed by atoms with Gasteiger partial charge in [0.05, 0.1) is 43.2 Å². The van der Waals surface area contributed by atoms with Crippen LogP contribution in [0.15, 0.2) is 78.1 Å². The predicted molar refractivity (Wildman–Crippen MR) is 164 cm³/mol. The van der Waals surface area contributed by atoms with E-state index < -0.39 is 11.6 Å². The van der Waals surface area contributed by atoms with Crippen LogP contribution < -0.4 is 16.2 Å². The van der Waals surface area contributed by atoms with Crippen molar-refractivity contribution in [1.82, 2.24) is 44.6 Å². The van der Waals surface area contributed by atoms with E-state index in [1.807, 2.05) is 48.0 Å². The average molecular weight is 593 g/mol. The van der Waals surface area contributed by atoms with E-state index in [4.69, 9.17) is 0 Å². The lowest BCUT2D eigenvalue weighted by Gasteiger charge is -2.16. The number of halogens is 1. The van der Waals surface area contributed by atoms with E-state index in [1.165, 1.54) is 27.7 Å². The number of benzene rings is 2. The van der Waals surface area contributed by atoms with Crippen LogP contribution in [0.3, 0.4) is 0 Å². The predicted octanol–water partition coefficient (Wildman–Crippen LogP) is 3.48. The number of amides is 1. The van der Waals surface area contributed by atoms with Crippen LogP contribution in [0.5, 0.6) is 0 Å². The summed E-state index contributed by atoms with van der Waals surface area (Å²) in [5.74, 6) is 0.138. The van der Waals surface area contributed by atoms with E-state index in [0.29, 0.717) is 28.3 Å². The molecule has 12 nitrogen and oxygen atoms in total. The zero-order valence-electron chi connectivity index (χ0n) is 24.5. The van der Waals surface area contributed by atoms with Gasteiger partial charge in [0.1, 0.15) is 17.3 Å². The number of aromatic nitrogens is 8. The Morgan fingerprint density at radius 2 is 1.89 bits per heavy atom. The maximum absolute atomic E-state index is 13.9. The number of likely N-dealkylation sites (N-methyl/N-ethyl adjacent to an activating group) is 1. The zero-order valence-corrected chi connectivity index (χ0v) is 24.5. The number of nitrogens with zero attached hydrogens (tertiary/aromatic N) is 8. The number of fused-ring (bicyclic) bond motifs is 1. The van der Waals surface area contributed by atoms with Gasteiger partial charge in [-0.15, -0.1) is 10.2 Å². The summed E-state index contributed by atoms with van der Waals surface area (Å²) in [7, 11) is 3.34. The van der Waals surface area contributed by atoms with Gasteiger partial charge >= 0.3 is 0 Å². The molecule has 0 spiro atoms. The second kappa shape index (κ2) is 11.6. The second-order valence-corrected chi connectivity index (χ2v) is 10.5. The molecule has 1 atom stereocenters. The molecule has 0 aliphatic rings. The highest BCUT2D eigenvalue weighted by Gasteiger charge is 2.18. The van der Waals surface area contributed by atoms with Crippen molar-refractivity contribution in [2.24, 2.45) is 7.05 Å². The van der Waals surface area contributed by atoms with Crippen molar-refractivity contribution >= 4 is 22.5 Å². The van der Waals surface area contributed by atoms with Gasteiger partial charge in [0, 0.05) is 28.9 Å². The maximum Gasteiger partial charge on any atom is 0.277 e. The lowest BCUT2D eigenvalue weighted by Crippen LogP contribution is -2.38. The largest absolute Gasteiger partial charge is 0.319 e. The van der Waals surface area contributed by atoms with Crippen LogP contribution in [0.25, 0.3) is 39.4 Å². The summed E-state index contributed by atoms with van der Waals surface area (Å²) in [6.07, 6.45) is 6.67. The number of tetrazole rings is 1. The highest BCUT2D eigenvalue weighted by atomic mass is 19.1. The van der Waals surface area contributed by atoms with E-state index in [-0.39, 0.29) is 24.0 Å². The summed E-state index contributed by atoms with van der Waals surface area (Å²) >= 11 is 0. The molecule has 0 aliphatic carbocycles. The molecular formula is C31H29FN10O2. The van der Waals surface area contributed by atoms with Crippen LogP contribution in [0.2, 0.25) is 0 Å². The summed E-state index contributed by atoms with van der Waals surface area (Å²) < 4.78 is 17.4. The minimum atomic E-state index is -0.520. The molecule has 2 N–H and O–H groups in total. The molecule has 13 heteroatoms. The molecule has 1 amide bonds. The van der Waals surface area contributed by atoms with E-state index in [2.05, 4.69) is 36.0 Å². The van der Waals surface area contributed by atoms with Gasteiger partial charge in [-0.25, -0.2) is 9.37 Å². The molecule has 2 aromatic carbocycles. The van der Waals surface area contributed by atoms with Crippen LogP contribution in [0.1, 0.15) is 18.1 Å². The van der Waals surface area contributed by atoms with Gasteiger partial charge in [-0.05, 0) is 67.6 Å². The molecule has 0 aliphatic heterocycles. The molecule has 6 rings (SSSR count). The van der Waals surface area contributed by atoms with Crippen molar-refractivity contribution in [3.05, 3.63) is 101 Å². The number of pyridine rings is 1. The van der Waals surface area contributed by atoms with Gasteiger partial charge in [-0.1, -0.05) is 18.2 Å². The molecule has 4 heterocycles. The Morgan fingerprint density at radius 3 is 2.66 bits per heavy atom. The SMILES string of the molecule is CN[C@@H](C)C(=O)Nc1cnc(-c2cccc(-c3nnn(C)n3)c2)n(Cc2cncc(-n3cc(C)c4cc(F)ccc43)c2)c1=O. The summed E-state index contributed by atoms with van der Waals surface area (Å²) in [5.41, 5.74) is 4.18. The van der Waals surface area contributed by atoms with Gasteiger partial charge < -0.3 is 15.2 Å². The monoisotopic (exact) mass is 592 g/mol. The normalized spacial score (nSPS) is 12.0. The Kier molecular flexibility index (Phi) is 7.53. The second-order valence-electron chi connectivity index (χ2n) is 10.5. The fourth-order valence-electron chi connectivity index (χ4n) is 4.98. The number of carbonyl (C=O) groups excluding carboxylic acids is 1. The van der Waals surface area contributed by atoms with Crippen LogP contribution in [0, 0.1) is 12.7 Å². The number of anilines is 1. The van der Waals surface area contributed by atoms with Crippen molar-refractivity contribution in [2.75, 3.05) is 12.4 Å². The molecule has 222 valence electrons. The van der Waals surface area contributed by atoms with E-state index in [1.54, 1.807) is 39.5 Å². The van der Waals surface area contributed by atoms with Crippen LogP contribution in [-0.2, 0) is 18.4 Å². The summed E-state index contributed by atoms with van der Waals surface area (Å²) in [5, 5.41) is 18.6. The topological polar surface area (TPSA) is 137 Å².